The van der Waals surface area contributed by atoms with Crippen molar-refractivity contribution in [2.75, 3.05) is 5.32 Å². The summed E-state index contributed by atoms with van der Waals surface area (Å²) >= 11 is 1.36. The third-order valence-corrected chi connectivity index (χ3v) is 4.11. The van der Waals surface area contributed by atoms with Gasteiger partial charge in [0.15, 0.2) is 0 Å². The lowest BCUT2D eigenvalue weighted by Crippen LogP contribution is -2.08. The van der Waals surface area contributed by atoms with Gasteiger partial charge in [-0.3, -0.25) is 0 Å². The lowest BCUT2D eigenvalue weighted by atomic mass is 10.1. The summed E-state index contributed by atoms with van der Waals surface area (Å²) in [5.41, 5.74) is 1.70. The Balaban J connectivity index is 2.11. The van der Waals surface area contributed by atoms with E-state index in [0.29, 0.717) is 10.5 Å². The number of nitrogens with one attached hydrogen (secondary N) is 1. The Morgan fingerprint density at radius 3 is 2.53 bits per heavy atom. The number of halogens is 3. The van der Waals surface area contributed by atoms with E-state index in [1.165, 1.54) is 23.9 Å². The third kappa shape index (κ3) is 2.18. The van der Waals surface area contributed by atoms with Crippen LogP contribution < -0.4 is 5.32 Å². The fraction of sp³-hybridized carbons (Fsp3) is 0.143. The first-order valence-corrected chi connectivity index (χ1v) is 6.52. The first-order chi connectivity index (χ1) is 8.95. The fourth-order valence-electron chi connectivity index (χ4n) is 2.07. The standard InChI is InChI=1S/C14H10F3NS/c1-8-6-9(14(15,16)17)7-12-13(8)18-10-4-2-3-5-11(10)19-12/h2-7,18H,1H3. The van der Waals surface area contributed by atoms with Gasteiger partial charge in [-0.2, -0.15) is 13.2 Å². The van der Waals surface area contributed by atoms with Gasteiger partial charge in [0.2, 0.25) is 0 Å². The van der Waals surface area contributed by atoms with Crippen molar-refractivity contribution in [1.29, 1.82) is 0 Å². The van der Waals surface area contributed by atoms with Crippen LogP contribution >= 0.6 is 11.8 Å². The van der Waals surface area contributed by atoms with Crippen molar-refractivity contribution >= 4 is 23.1 Å². The molecule has 0 spiro atoms. The number of hydrogen-bond acceptors (Lipinski definition) is 2. The van der Waals surface area contributed by atoms with E-state index in [1.54, 1.807) is 6.92 Å². The van der Waals surface area contributed by atoms with Gasteiger partial charge in [-0.15, -0.1) is 0 Å². The number of anilines is 2. The molecule has 0 unspecified atom stereocenters. The number of hydrogen-bond donors (Lipinski definition) is 1. The molecule has 1 nitrogen and oxygen atoms in total. The van der Waals surface area contributed by atoms with Gasteiger partial charge in [-0.05, 0) is 36.8 Å². The molecule has 0 aromatic heterocycles. The summed E-state index contributed by atoms with van der Waals surface area (Å²) < 4.78 is 38.4. The highest BCUT2D eigenvalue weighted by molar-refractivity contribution is 7.99. The van der Waals surface area contributed by atoms with E-state index < -0.39 is 11.7 Å². The van der Waals surface area contributed by atoms with Gasteiger partial charge in [0.25, 0.3) is 0 Å². The summed E-state index contributed by atoms with van der Waals surface area (Å²) in [5.74, 6) is 0. The van der Waals surface area contributed by atoms with Gasteiger partial charge in [0.05, 0.1) is 16.9 Å². The number of benzene rings is 2. The van der Waals surface area contributed by atoms with Gasteiger partial charge in [-0.25, -0.2) is 0 Å². The van der Waals surface area contributed by atoms with Gasteiger partial charge in [0, 0.05) is 9.79 Å². The molecule has 19 heavy (non-hydrogen) atoms. The first kappa shape index (κ1) is 12.4. The molecule has 1 N–H and O–H groups in total. The van der Waals surface area contributed by atoms with Gasteiger partial charge in [0.1, 0.15) is 0 Å². The van der Waals surface area contributed by atoms with E-state index in [-0.39, 0.29) is 0 Å². The third-order valence-electron chi connectivity index (χ3n) is 2.99. The van der Waals surface area contributed by atoms with Crippen molar-refractivity contribution in [2.45, 2.75) is 22.9 Å². The second-order valence-corrected chi connectivity index (χ2v) is 5.47. The average molecular weight is 281 g/mol. The van der Waals surface area contributed by atoms with Crippen molar-refractivity contribution in [3.8, 4) is 0 Å². The zero-order valence-corrected chi connectivity index (χ0v) is 10.8. The molecule has 98 valence electrons. The second kappa shape index (κ2) is 4.20. The maximum Gasteiger partial charge on any atom is 0.416 e. The molecule has 1 heterocycles. The zero-order valence-electron chi connectivity index (χ0n) is 10.0. The second-order valence-electron chi connectivity index (χ2n) is 4.39. The predicted molar refractivity (Wildman–Crippen MR) is 70.0 cm³/mol. The predicted octanol–water partition coefficient (Wildman–Crippen LogP) is 5.22. The Hall–Kier alpha value is -1.62. The minimum atomic E-state index is -4.31. The van der Waals surface area contributed by atoms with E-state index in [2.05, 4.69) is 5.32 Å². The molecule has 2 aromatic carbocycles. The molecule has 1 aliphatic rings. The van der Waals surface area contributed by atoms with Crippen LogP contribution in [0.4, 0.5) is 24.5 Å². The number of aryl methyl sites for hydroxylation is 1. The first-order valence-electron chi connectivity index (χ1n) is 5.71. The van der Waals surface area contributed by atoms with Crippen LogP contribution in [0.1, 0.15) is 11.1 Å². The molecule has 0 saturated carbocycles. The SMILES string of the molecule is Cc1cc(C(F)(F)F)cc2c1Nc1ccccc1S2. The number of fused-ring (bicyclic) bond motifs is 2. The van der Waals surface area contributed by atoms with Crippen molar-refractivity contribution in [3.63, 3.8) is 0 Å². The Labute approximate surface area is 112 Å². The monoisotopic (exact) mass is 281 g/mol. The van der Waals surface area contributed by atoms with E-state index in [9.17, 15) is 13.2 Å². The summed E-state index contributed by atoms with van der Waals surface area (Å²) in [6.07, 6.45) is -4.31. The minimum absolute atomic E-state index is 0.600. The topological polar surface area (TPSA) is 12.0 Å². The van der Waals surface area contributed by atoms with E-state index in [1.807, 2.05) is 24.3 Å². The molecule has 0 fully saturated rings. The number of para-hydroxylation sites is 1. The highest BCUT2D eigenvalue weighted by Crippen LogP contribution is 2.47. The molecular formula is C14H10F3NS. The van der Waals surface area contributed by atoms with Crippen molar-refractivity contribution < 1.29 is 13.2 Å². The number of alkyl halides is 3. The Morgan fingerprint density at radius 1 is 1.05 bits per heavy atom. The lowest BCUT2D eigenvalue weighted by Gasteiger charge is -2.23. The zero-order chi connectivity index (χ0) is 13.6. The number of rotatable bonds is 0. The quantitative estimate of drug-likeness (QED) is 0.606. The molecule has 0 radical (unpaired) electrons. The van der Waals surface area contributed by atoms with Crippen molar-refractivity contribution in [2.24, 2.45) is 0 Å². The summed E-state index contributed by atoms with van der Waals surface area (Å²) in [4.78, 5) is 1.56. The molecule has 0 bridgehead atoms. The Bertz CT molecular complexity index is 650. The smallest absolute Gasteiger partial charge is 0.353 e. The fourth-order valence-corrected chi connectivity index (χ4v) is 3.18. The molecule has 3 rings (SSSR count). The summed E-state index contributed by atoms with van der Waals surface area (Å²) in [6.45, 7) is 1.69. The van der Waals surface area contributed by atoms with Crippen LogP contribution in [0.15, 0.2) is 46.2 Å². The maximum absolute atomic E-state index is 12.8. The highest BCUT2D eigenvalue weighted by Gasteiger charge is 2.32. The summed E-state index contributed by atoms with van der Waals surface area (Å²) in [5, 5.41) is 3.20. The largest absolute Gasteiger partial charge is 0.416 e. The molecule has 0 aliphatic carbocycles. The lowest BCUT2D eigenvalue weighted by molar-refractivity contribution is -0.137. The summed E-state index contributed by atoms with van der Waals surface area (Å²) in [7, 11) is 0. The molecule has 0 amide bonds. The average Bonchev–Trinajstić information content (AvgIpc) is 2.35. The molecule has 1 aliphatic heterocycles. The summed E-state index contributed by atoms with van der Waals surface area (Å²) in [6, 6.07) is 9.97. The maximum atomic E-state index is 12.8. The highest BCUT2D eigenvalue weighted by atomic mass is 32.2. The van der Waals surface area contributed by atoms with Crippen molar-refractivity contribution in [3.05, 3.63) is 47.5 Å². The van der Waals surface area contributed by atoms with Gasteiger partial charge >= 0.3 is 6.18 Å². The van der Waals surface area contributed by atoms with Crippen molar-refractivity contribution in [1.82, 2.24) is 0 Å². The van der Waals surface area contributed by atoms with Crippen LogP contribution in [-0.4, -0.2) is 0 Å². The normalized spacial score (nSPS) is 13.5. The van der Waals surface area contributed by atoms with Gasteiger partial charge in [-0.1, -0.05) is 23.9 Å². The van der Waals surface area contributed by atoms with E-state index in [4.69, 9.17) is 0 Å². The molecule has 5 heteroatoms. The van der Waals surface area contributed by atoms with Gasteiger partial charge < -0.3 is 5.32 Å². The van der Waals surface area contributed by atoms with E-state index in [0.717, 1.165) is 16.3 Å². The van der Waals surface area contributed by atoms with Crippen LogP contribution in [0.2, 0.25) is 0 Å². The Kier molecular flexibility index (Phi) is 2.74. The molecular weight excluding hydrogens is 271 g/mol. The molecule has 0 atom stereocenters. The van der Waals surface area contributed by atoms with Crippen LogP contribution in [-0.2, 0) is 6.18 Å². The van der Waals surface area contributed by atoms with E-state index >= 15 is 0 Å². The minimum Gasteiger partial charge on any atom is -0.353 e. The van der Waals surface area contributed by atoms with Crippen LogP contribution in [0.5, 0.6) is 0 Å². The van der Waals surface area contributed by atoms with Crippen LogP contribution in [0.25, 0.3) is 0 Å². The molecule has 2 aromatic rings. The van der Waals surface area contributed by atoms with Crippen LogP contribution in [0, 0.1) is 6.92 Å². The van der Waals surface area contributed by atoms with Crippen LogP contribution in [0.3, 0.4) is 0 Å². The Morgan fingerprint density at radius 2 is 1.79 bits per heavy atom. The molecule has 0 saturated heterocycles.